The van der Waals surface area contributed by atoms with Gasteiger partial charge in [0.2, 0.25) is 5.95 Å². The van der Waals surface area contributed by atoms with Crippen LogP contribution < -0.4 is 5.32 Å². The maximum absolute atomic E-state index is 4.35. The Morgan fingerprint density at radius 2 is 1.83 bits per heavy atom. The summed E-state index contributed by atoms with van der Waals surface area (Å²) in [5, 5.41) is 2.90. The lowest BCUT2D eigenvalue weighted by Gasteiger charge is -2.03. The van der Waals surface area contributed by atoms with Crippen LogP contribution in [0.4, 0.5) is 5.95 Å². The quantitative estimate of drug-likeness (QED) is 0.743. The van der Waals surface area contributed by atoms with Crippen LogP contribution >= 0.6 is 0 Å². The van der Waals surface area contributed by atoms with E-state index in [0.29, 0.717) is 5.95 Å². The summed E-state index contributed by atoms with van der Waals surface area (Å²) < 4.78 is 2.00. The summed E-state index contributed by atoms with van der Waals surface area (Å²) in [4.78, 5) is 12.8. The lowest BCUT2D eigenvalue weighted by atomic mass is 10.1. The summed E-state index contributed by atoms with van der Waals surface area (Å²) in [5.41, 5.74) is 4.16. The van der Waals surface area contributed by atoms with Gasteiger partial charge < -0.3 is 9.88 Å². The van der Waals surface area contributed by atoms with E-state index in [1.165, 1.54) is 0 Å². The second-order valence-electron chi connectivity index (χ2n) is 4.10. The molecule has 2 aromatic heterocycles. The van der Waals surface area contributed by atoms with Gasteiger partial charge in [0.05, 0.1) is 17.4 Å². The van der Waals surface area contributed by atoms with Gasteiger partial charge in [0.15, 0.2) is 0 Å². The van der Waals surface area contributed by atoms with Crippen LogP contribution in [0.5, 0.6) is 0 Å². The van der Waals surface area contributed by atoms with Crippen LogP contribution in [0.1, 0.15) is 0 Å². The molecule has 0 amide bonds. The molecule has 90 valence electrons. The smallest absolute Gasteiger partial charge is 0.222 e. The number of rotatable bonds is 2. The Morgan fingerprint density at radius 3 is 2.56 bits per heavy atom. The molecule has 1 N–H and O–H groups in total. The number of hydrogen-bond acceptors (Lipinski definition) is 4. The number of benzene rings is 1. The summed E-state index contributed by atoms with van der Waals surface area (Å²) in [5.74, 6) is 0.623. The third kappa shape index (κ3) is 1.69. The average molecular weight is 239 g/mol. The highest BCUT2D eigenvalue weighted by molar-refractivity contribution is 5.81. The number of anilines is 1. The van der Waals surface area contributed by atoms with Crippen molar-refractivity contribution in [1.82, 2.24) is 19.5 Å². The van der Waals surface area contributed by atoms with Crippen LogP contribution in [0.25, 0.3) is 22.2 Å². The highest BCUT2D eigenvalue weighted by Gasteiger charge is 2.04. The maximum atomic E-state index is 4.35. The normalized spacial score (nSPS) is 10.8. The van der Waals surface area contributed by atoms with Crippen molar-refractivity contribution in [2.45, 2.75) is 0 Å². The largest absolute Gasteiger partial charge is 0.357 e. The van der Waals surface area contributed by atoms with Crippen molar-refractivity contribution in [2.24, 2.45) is 7.05 Å². The Hall–Kier alpha value is -2.43. The van der Waals surface area contributed by atoms with Gasteiger partial charge >= 0.3 is 0 Å². The highest BCUT2D eigenvalue weighted by atomic mass is 15.1. The number of fused-ring (bicyclic) bond motifs is 1. The van der Waals surface area contributed by atoms with Gasteiger partial charge in [-0.25, -0.2) is 15.0 Å². The van der Waals surface area contributed by atoms with Crippen molar-refractivity contribution in [3.05, 3.63) is 36.9 Å². The predicted octanol–water partition coefficient (Wildman–Crippen LogP) is 2.07. The number of imidazole rings is 1. The van der Waals surface area contributed by atoms with E-state index in [9.17, 15) is 0 Å². The van der Waals surface area contributed by atoms with Gasteiger partial charge in [-0.1, -0.05) is 6.07 Å². The van der Waals surface area contributed by atoms with Gasteiger partial charge in [0.25, 0.3) is 0 Å². The molecule has 0 aliphatic rings. The molecule has 18 heavy (non-hydrogen) atoms. The molecule has 0 unspecified atom stereocenters. The molecule has 5 heteroatoms. The molecule has 0 saturated carbocycles. The Labute approximate surface area is 105 Å². The minimum absolute atomic E-state index is 0.623. The lowest BCUT2D eigenvalue weighted by Crippen LogP contribution is -1.95. The SMILES string of the molecule is CNc1ncc(-c2ccc3c(c2)ncn3C)cn1. The molecule has 5 nitrogen and oxygen atoms in total. The molecule has 1 aromatic carbocycles. The van der Waals surface area contributed by atoms with Gasteiger partial charge in [0.1, 0.15) is 0 Å². The van der Waals surface area contributed by atoms with Crippen LogP contribution in [0, 0.1) is 0 Å². The van der Waals surface area contributed by atoms with E-state index in [4.69, 9.17) is 0 Å². The molecule has 3 aromatic rings. The number of aromatic nitrogens is 4. The van der Waals surface area contributed by atoms with E-state index in [0.717, 1.165) is 22.2 Å². The van der Waals surface area contributed by atoms with E-state index in [2.05, 4.69) is 32.4 Å². The first-order valence-electron chi connectivity index (χ1n) is 5.69. The van der Waals surface area contributed by atoms with E-state index in [-0.39, 0.29) is 0 Å². The van der Waals surface area contributed by atoms with E-state index in [1.54, 1.807) is 7.05 Å². The van der Waals surface area contributed by atoms with Gasteiger partial charge in [0, 0.05) is 32.1 Å². The Balaban J connectivity index is 2.07. The van der Waals surface area contributed by atoms with Crippen molar-refractivity contribution < 1.29 is 0 Å². The molecule has 0 saturated heterocycles. The highest BCUT2D eigenvalue weighted by Crippen LogP contribution is 2.22. The molecule has 3 rings (SSSR count). The van der Waals surface area contributed by atoms with Gasteiger partial charge in [-0.2, -0.15) is 0 Å². The van der Waals surface area contributed by atoms with Crippen LogP contribution in [-0.4, -0.2) is 26.6 Å². The summed E-state index contributed by atoms with van der Waals surface area (Å²) in [6, 6.07) is 6.17. The predicted molar refractivity (Wildman–Crippen MR) is 71.3 cm³/mol. The molecular weight excluding hydrogens is 226 g/mol. The molecule has 0 bridgehead atoms. The van der Waals surface area contributed by atoms with Gasteiger partial charge in [-0.3, -0.25) is 0 Å². The fourth-order valence-electron chi connectivity index (χ4n) is 1.92. The standard InChI is InChI=1S/C13H13N5/c1-14-13-15-6-10(7-16-13)9-3-4-12-11(5-9)17-8-18(12)2/h3-8H,1-2H3,(H,14,15,16). The molecule has 0 aliphatic carbocycles. The third-order valence-electron chi connectivity index (χ3n) is 2.93. The second-order valence-corrected chi connectivity index (χ2v) is 4.10. The van der Waals surface area contributed by atoms with Crippen LogP contribution in [0.3, 0.4) is 0 Å². The minimum atomic E-state index is 0.623. The molecule has 0 spiro atoms. The zero-order chi connectivity index (χ0) is 12.5. The van der Waals surface area contributed by atoms with Crippen molar-refractivity contribution >= 4 is 17.0 Å². The van der Waals surface area contributed by atoms with Gasteiger partial charge in [-0.05, 0) is 17.7 Å². The number of nitrogens with one attached hydrogen (secondary N) is 1. The molecule has 0 atom stereocenters. The lowest BCUT2D eigenvalue weighted by molar-refractivity contribution is 0.948. The van der Waals surface area contributed by atoms with E-state index in [1.807, 2.05) is 36.4 Å². The van der Waals surface area contributed by atoms with Crippen molar-refractivity contribution in [3.8, 4) is 11.1 Å². The van der Waals surface area contributed by atoms with E-state index < -0.39 is 0 Å². The Kier molecular flexibility index (Phi) is 2.44. The summed E-state index contributed by atoms with van der Waals surface area (Å²) in [7, 11) is 3.79. The first-order valence-corrected chi connectivity index (χ1v) is 5.69. The Morgan fingerprint density at radius 1 is 1.06 bits per heavy atom. The van der Waals surface area contributed by atoms with Crippen molar-refractivity contribution in [2.75, 3.05) is 12.4 Å². The van der Waals surface area contributed by atoms with Crippen molar-refractivity contribution in [3.63, 3.8) is 0 Å². The zero-order valence-corrected chi connectivity index (χ0v) is 10.3. The van der Waals surface area contributed by atoms with Crippen LogP contribution in [0.2, 0.25) is 0 Å². The van der Waals surface area contributed by atoms with Crippen LogP contribution in [0.15, 0.2) is 36.9 Å². The molecule has 0 aliphatic heterocycles. The van der Waals surface area contributed by atoms with Crippen LogP contribution in [-0.2, 0) is 7.05 Å². The molecule has 0 fully saturated rings. The summed E-state index contributed by atoms with van der Waals surface area (Å²) >= 11 is 0. The molecular formula is C13H13N5. The topological polar surface area (TPSA) is 55.6 Å². The maximum Gasteiger partial charge on any atom is 0.222 e. The van der Waals surface area contributed by atoms with E-state index >= 15 is 0 Å². The average Bonchev–Trinajstić information content (AvgIpc) is 2.80. The third-order valence-corrected chi connectivity index (χ3v) is 2.93. The van der Waals surface area contributed by atoms with Gasteiger partial charge in [-0.15, -0.1) is 0 Å². The molecule has 0 radical (unpaired) electrons. The number of aryl methyl sites for hydroxylation is 1. The van der Waals surface area contributed by atoms with Crippen molar-refractivity contribution in [1.29, 1.82) is 0 Å². The summed E-state index contributed by atoms with van der Waals surface area (Å²) in [6.45, 7) is 0. The number of hydrogen-bond donors (Lipinski definition) is 1. The minimum Gasteiger partial charge on any atom is -0.357 e. The number of nitrogens with zero attached hydrogens (tertiary/aromatic N) is 4. The fourth-order valence-corrected chi connectivity index (χ4v) is 1.92. The molecule has 2 heterocycles. The first kappa shape index (κ1) is 10.7. The fraction of sp³-hybridized carbons (Fsp3) is 0.154. The Bertz CT molecular complexity index is 684. The zero-order valence-electron chi connectivity index (χ0n) is 10.3. The second kappa shape index (κ2) is 4.10. The summed E-state index contributed by atoms with van der Waals surface area (Å²) in [6.07, 6.45) is 5.43. The monoisotopic (exact) mass is 239 g/mol. The first-order chi connectivity index (χ1) is 8.78.